The van der Waals surface area contributed by atoms with Gasteiger partial charge in [0.25, 0.3) is 11.5 Å². The van der Waals surface area contributed by atoms with Crippen molar-refractivity contribution in [2.45, 2.75) is 38.8 Å². The Kier molecular flexibility index (Phi) is 8.71. The summed E-state index contributed by atoms with van der Waals surface area (Å²) in [7, 11) is 0. The Morgan fingerprint density at radius 1 is 1.00 bits per heavy atom. The van der Waals surface area contributed by atoms with E-state index in [1.807, 2.05) is 0 Å². The maximum absolute atomic E-state index is 13.8. The average Bonchev–Trinajstić information content (AvgIpc) is 2.94. The van der Waals surface area contributed by atoms with Gasteiger partial charge in [-0.1, -0.05) is 25.1 Å². The van der Waals surface area contributed by atoms with Crippen LogP contribution < -0.4 is 10.9 Å². The molecule has 42 heavy (non-hydrogen) atoms. The third-order valence-electron chi connectivity index (χ3n) is 6.64. The van der Waals surface area contributed by atoms with Gasteiger partial charge in [-0.3, -0.25) is 14.6 Å². The van der Waals surface area contributed by atoms with Crippen LogP contribution in [0, 0.1) is 11.7 Å². The number of amides is 1. The molecule has 2 N–H and O–H groups in total. The first kappa shape index (κ1) is 30.7. The van der Waals surface area contributed by atoms with Gasteiger partial charge in [-0.25, -0.2) is 4.39 Å². The molecule has 0 bridgehead atoms. The number of halogens is 7. The summed E-state index contributed by atoms with van der Waals surface area (Å²) in [6, 6.07) is 8.98. The van der Waals surface area contributed by atoms with Crippen LogP contribution in [0.2, 0.25) is 0 Å². The Labute approximate surface area is 234 Å². The first-order valence-electron chi connectivity index (χ1n) is 12.7. The minimum atomic E-state index is -5.08. The van der Waals surface area contributed by atoms with E-state index in [-0.39, 0.29) is 53.7 Å². The quantitative estimate of drug-likeness (QED) is 0.238. The maximum atomic E-state index is 13.8. The van der Waals surface area contributed by atoms with Crippen molar-refractivity contribution in [3.63, 3.8) is 0 Å². The molecular weight excluding hydrogens is 571 g/mol. The molecule has 0 saturated carbocycles. The van der Waals surface area contributed by atoms with Crippen LogP contribution in [-0.2, 0) is 25.4 Å². The lowest BCUT2D eigenvalue weighted by Gasteiger charge is -2.20. The maximum Gasteiger partial charge on any atom is 0.416 e. The van der Waals surface area contributed by atoms with Gasteiger partial charge in [-0.05, 0) is 59.9 Å². The van der Waals surface area contributed by atoms with Crippen LogP contribution in [0.1, 0.15) is 40.5 Å². The number of aromatic nitrogens is 2. The molecule has 1 atom stereocenters. The number of hydrogen-bond acceptors (Lipinski definition) is 4. The molecule has 0 aliphatic heterocycles. The van der Waals surface area contributed by atoms with Gasteiger partial charge in [0.2, 0.25) is 0 Å². The summed E-state index contributed by atoms with van der Waals surface area (Å²) in [6.07, 6.45) is -8.55. The molecule has 4 aromatic rings. The first-order chi connectivity index (χ1) is 19.7. The first-order valence-corrected chi connectivity index (χ1v) is 12.7. The lowest BCUT2D eigenvalue weighted by atomic mass is 9.97. The van der Waals surface area contributed by atoms with Gasteiger partial charge < -0.3 is 15.0 Å². The fraction of sp³-hybridized carbons (Fsp3) is 0.276. The second-order valence-electron chi connectivity index (χ2n) is 9.76. The number of aliphatic hydroxyl groups excluding tert-OH is 1. The van der Waals surface area contributed by atoms with Crippen LogP contribution in [0.3, 0.4) is 0 Å². The van der Waals surface area contributed by atoms with E-state index in [0.717, 1.165) is 16.7 Å². The normalized spacial score (nSPS) is 12.9. The van der Waals surface area contributed by atoms with E-state index in [0.29, 0.717) is 17.7 Å². The molecule has 0 saturated heterocycles. The highest BCUT2D eigenvalue weighted by Crippen LogP contribution is 2.36. The van der Waals surface area contributed by atoms with E-state index in [1.165, 1.54) is 30.5 Å². The van der Waals surface area contributed by atoms with Gasteiger partial charge in [0.1, 0.15) is 17.0 Å². The standard InChI is InChI=1S/C29H24F7N3O3/c1-16(15-40)8-10-39-25(23(18-4-6-21(30)7-5-18)22-3-2-9-37-24(22)27(39)42)26(41)38-14-17-11-19(28(31,32)33)13-20(12-17)29(34,35)36/h2-7,9,11-13,16,40H,8,10,14-15H2,1H3,(H,38,41). The summed E-state index contributed by atoms with van der Waals surface area (Å²) in [6.45, 7) is 0.674. The third-order valence-corrected chi connectivity index (χ3v) is 6.64. The van der Waals surface area contributed by atoms with Gasteiger partial charge in [0, 0.05) is 36.8 Å². The summed E-state index contributed by atoms with van der Waals surface area (Å²) in [4.78, 5) is 31.4. The topological polar surface area (TPSA) is 84.2 Å². The molecule has 4 rings (SSSR count). The zero-order chi connectivity index (χ0) is 30.8. The largest absolute Gasteiger partial charge is 0.416 e. The molecule has 2 heterocycles. The van der Waals surface area contributed by atoms with E-state index in [9.17, 15) is 45.4 Å². The van der Waals surface area contributed by atoms with Gasteiger partial charge in [-0.2, -0.15) is 26.3 Å². The monoisotopic (exact) mass is 595 g/mol. The van der Waals surface area contributed by atoms with Crippen molar-refractivity contribution in [2.24, 2.45) is 5.92 Å². The number of nitrogens with zero attached hydrogens (tertiary/aromatic N) is 2. The van der Waals surface area contributed by atoms with Crippen molar-refractivity contribution < 1.29 is 40.6 Å². The minimum absolute atomic E-state index is 0.0160. The van der Waals surface area contributed by atoms with E-state index < -0.39 is 52.9 Å². The van der Waals surface area contributed by atoms with Crippen LogP contribution >= 0.6 is 0 Å². The van der Waals surface area contributed by atoms with Crippen molar-refractivity contribution in [1.29, 1.82) is 0 Å². The van der Waals surface area contributed by atoms with Crippen LogP contribution in [0.15, 0.2) is 65.6 Å². The zero-order valence-electron chi connectivity index (χ0n) is 22.0. The number of pyridine rings is 2. The van der Waals surface area contributed by atoms with Gasteiger partial charge >= 0.3 is 12.4 Å². The van der Waals surface area contributed by atoms with Crippen LogP contribution in [0.25, 0.3) is 22.0 Å². The van der Waals surface area contributed by atoms with Crippen molar-refractivity contribution in [3.8, 4) is 11.1 Å². The third kappa shape index (κ3) is 6.62. The Hall–Kier alpha value is -4.26. The molecule has 0 aliphatic carbocycles. The molecule has 1 unspecified atom stereocenters. The lowest BCUT2D eigenvalue weighted by molar-refractivity contribution is -0.143. The summed E-state index contributed by atoms with van der Waals surface area (Å²) in [5, 5.41) is 12.1. The van der Waals surface area contributed by atoms with Crippen molar-refractivity contribution in [3.05, 3.63) is 99.3 Å². The molecule has 1 amide bonds. The van der Waals surface area contributed by atoms with E-state index >= 15 is 0 Å². The summed E-state index contributed by atoms with van der Waals surface area (Å²) in [5.41, 5.74) is -4.03. The molecule has 2 aromatic carbocycles. The number of rotatable bonds is 8. The number of fused-ring (bicyclic) bond motifs is 1. The highest BCUT2D eigenvalue weighted by molar-refractivity contribution is 6.07. The number of alkyl halides is 6. The lowest BCUT2D eigenvalue weighted by Crippen LogP contribution is -2.34. The van der Waals surface area contributed by atoms with E-state index in [1.54, 1.807) is 6.92 Å². The number of nitrogens with one attached hydrogen (secondary N) is 1. The number of benzene rings is 2. The summed E-state index contributed by atoms with van der Waals surface area (Å²) >= 11 is 0. The molecular formula is C29H24F7N3O3. The number of aliphatic hydroxyl groups is 1. The number of hydrogen-bond donors (Lipinski definition) is 2. The Morgan fingerprint density at radius 3 is 2.19 bits per heavy atom. The second kappa shape index (κ2) is 11.9. The summed E-state index contributed by atoms with van der Waals surface area (Å²) in [5.74, 6) is -1.84. The SMILES string of the molecule is CC(CO)CCn1c(C(=O)NCc2cc(C(F)(F)F)cc(C(F)(F)F)c2)c(-c2ccc(F)cc2)c2cccnc2c1=O. The van der Waals surface area contributed by atoms with Gasteiger partial charge in [0.15, 0.2) is 0 Å². The number of carbonyl (C=O) groups excluding carboxylic acids is 1. The zero-order valence-corrected chi connectivity index (χ0v) is 22.0. The van der Waals surface area contributed by atoms with Crippen molar-refractivity contribution >= 4 is 16.8 Å². The van der Waals surface area contributed by atoms with Crippen LogP contribution in [-0.4, -0.2) is 27.2 Å². The predicted octanol–water partition coefficient (Wildman–Crippen LogP) is 6.19. The molecule has 0 spiro atoms. The highest BCUT2D eigenvalue weighted by Gasteiger charge is 2.37. The molecule has 6 nitrogen and oxygen atoms in total. The minimum Gasteiger partial charge on any atom is -0.396 e. The molecule has 13 heteroatoms. The fourth-order valence-electron chi connectivity index (χ4n) is 4.46. The van der Waals surface area contributed by atoms with Crippen molar-refractivity contribution in [2.75, 3.05) is 6.61 Å². The van der Waals surface area contributed by atoms with Crippen LogP contribution in [0.5, 0.6) is 0 Å². The smallest absolute Gasteiger partial charge is 0.396 e. The molecule has 0 radical (unpaired) electrons. The van der Waals surface area contributed by atoms with Crippen LogP contribution in [0.4, 0.5) is 30.7 Å². The Bertz CT molecular complexity index is 1630. The molecule has 222 valence electrons. The van der Waals surface area contributed by atoms with Gasteiger partial charge in [0.05, 0.1) is 11.1 Å². The molecule has 0 fully saturated rings. The van der Waals surface area contributed by atoms with Crippen molar-refractivity contribution in [1.82, 2.24) is 14.9 Å². The predicted molar refractivity (Wildman–Crippen MR) is 140 cm³/mol. The molecule has 0 aliphatic rings. The Morgan fingerprint density at radius 2 is 1.62 bits per heavy atom. The fourth-order valence-corrected chi connectivity index (χ4v) is 4.46. The molecule has 2 aromatic heterocycles. The number of carbonyl (C=O) groups is 1. The van der Waals surface area contributed by atoms with E-state index in [4.69, 9.17) is 0 Å². The highest BCUT2D eigenvalue weighted by atomic mass is 19.4. The van der Waals surface area contributed by atoms with E-state index in [2.05, 4.69) is 10.3 Å². The van der Waals surface area contributed by atoms with Gasteiger partial charge in [-0.15, -0.1) is 0 Å². The second-order valence-corrected chi connectivity index (χ2v) is 9.76. The summed E-state index contributed by atoms with van der Waals surface area (Å²) < 4.78 is 95.0. The Balaban J connectivity index is 1.87. The average molecular weight is 596 g/mol.